The molecule has 0 aliphatic carbocycles. The smallest absolute Gasteiger partial charge is 0.184 e. The van der Waals surface area contributed by atoms with Gasteiger partial charge in [0, 0.05) is 0 Å². The van der Waals surface area contributed by atoms with Gasteiger partial charge in [0.2, 0.25) is 0 Å². The van der Waals surface area contributed by atoms with Crippen LogP contribution in [0.1, 0.15) is 53.4 Å². The number of hydrogen-bond donors (Lipinski definition) is 2. The van der Waals surface area contributed by atoms with E-state index in [0.717, 1.165) is 0 Å². The van der Waals surface area contributed by atoms with Crippen LogP contribution in [0.25, 0.3) is 0 Å². The number of rotatable bonds is 6. The molecule has 3 heterocycles. The van der Waals surface area contributed by atoms with Crippen LogP contribution < -0.4 is 0 Å². The third-order valence-electron chi connectivity index (χ3n) is 5.68. The molecular formula is C17H30O7. The first-order valence-corrected chi connectivity index (χ1v) is 9.12. The number of fused-ring (bicyclic) bond motifs is 1. The Morgan fingerprint density at radius 1 is 0.917 bits per heavy atom. The molecule has 0 aromatic carbocycles. The maximum absolute atomic E-state index is 10.8. The molecule has 6 atom stereocenters. The third-order valence-corrected chi connectivity index (χ3v) is 5.68. The van der Waals surface area contributed by atoms with Crippen molar-refractivity contribution in [2.24, 2.45) is 0 Å². The highest BCUT2D eigenvalue weighted by molar-refractivity contribution is 5.01. The summed E-state index contributed by atoms with van der Waals surface area (Å²) in [5.74, 6) is -1.37. The summed E-state index contributed by atoms with van der Waals surface area (Å²) in [6, 6.07) is 0. The Morgan fingerprint density at radius 3 is 2.04 bits per heavy atom. The van der Waals surface area contributed by atoms with Gasteiger partial charge in [-0.1, -0.05) is 27.7 Å². The fraction of sp³-hybridized carbons (Fsp3) is 1.00. The van der Waals surface area contributed by atoms with Gasteiger partial charge in [0.25, 0.3) is 0 Å². The van der Waals surface area contributed by atoms with Crippen LogP contribution in [0, 0.1) is 0 Å². The molecule has 0 amide bonds. The summed E-state index contributed by atoms with van der Waals surface area (Å²) in [6.07, 6.45) is -1.63. The van der Waals surface area contributed by atoms with Crippen LogP contribution in [0.5, 0.6) is 0 Å². The highest BCUT2D eigenvalue weighted by Crippen LogP contribution is 2.43. The van der Waals surface area contributed by atoms with E-state index in [1.54, 1.807) is 0 Å². The first kappa shape index (κ1) is 18.5. The maximum atomic E-state index is 10.8. The SMILES string of the molecule is CCC1(CC)O[C@H]2[C@@H](O1)[C@@H](O)O[C@H]2[C@@H](O)[C@H]1COC(CC)(CC)O1. The van der Waals surface area contributed by atoms with Gasteiger partial charge in [0.1, 0.15) is 30.5 Å². The lowest BCUT2D eigenvalue weighted by Crippen LogP contribution is -2.47. The zero-order valence-electron chi connectivity index (χ0n) is 14.9. The average Bonchev–Trinajstić information content (AvgIpc) is 3.28. The summed E-state index contributed by atoms with van der Waals surface area (Å²) >= 11 is 0. The summed E-state index contributed by atoms with van der Waals surface area (Å²) < 4.78 is 29.3. The minimum absolute atomic E-state index is 0.295. The van der Waals surface area contributed by atoms with E-state index in [0.29, 0.717) is 32.3 Å². The fourth-order valence-corrected chi connectivity index (χ4v) is 3.88. The van der Waals surface area contributed by atoms with Crippen molar-refractivity contribution >= 4 is 0 Å². The molecule has 0 unspecified atom stereocenters. The molecule has 7 nitrogen and oxygen atoms in total. The van der Waals surface area contributed by atoms with Crippen LogP contribution in [-0.2, 0) is 23.7 Å². The maximum Gasteiger partial charge on any atom is 0.184 e. The fourth-order valence-electron chi connectivity index (χ4n) is 3.88. The zero-order valence-corrected chi connectivity index (χ0v) is 14.9. The van der Waals surface area contributed by atoms with E-state index in [4.69, 9.17) is 23.7 Å². The Kier molecular flexibility index (Phi) is 5.24. The summed E-state index contributed by atoms with van der Waals surface area (Å²) in [4.78, 5) is 0. The molecule has 140 valence electrons. The second kappa shape index (κ2) is 6.79. The van der Waals surface area contributed by atoms with E-state index in [2.05, 4.69) is 0 Å². The molecular weight excluding hydrogens is 316 g/mol. The lowest BCUT2D eigenvalue weighted by Gasteiger charge is -2.31. The Labute approximate surface area is 143 Å². The molecule has 2 N–H and O–H groups in total. The van der Waals surface area contributed by atoms with Crippen LogP contribution in [0.2, 0.25) is 0 Å². The van der Waals surface area contributed by atoms with Gasteiger partial charge >= 0.3 is 0 Å². The van der Waals surface area contributed by atoms with Gasteiger partial charge in [-0.05, 0) is 25.7 Å². The van der Waals surface area contributed by atoms with Gasteiger partial charge in [-0.25, -0.2) is 0 Å². The Morgan fingerprint density at radius 2 is 1.50 bits per heavy atom. The highest BCUT2D eigenvalue weighted by atomic mass is 16.8. The Balaban J connectivity index is 1.71. The van der Waals surface area contributed by atoms with Crippen molar-refractivity contribution in [1.82, 2.24) is 0 Å². The molecule has 0 bridgehead atoms. The summed E-state index contributed by atoms with van der Waals surface area (Å²) in [5, 5.41) is 20.9. The van der Waals surface area contributed by atoms with E-state index in [1.165, 1.54) is 0 Å². The van der Waals surface area contributed by atoms with Crippen molar-refractivity contribution in [3.63, 3.8) is 0 Å². The van der Waals surface area contributed by atoms with Gasteiger partial charge in [-0.2, -0.15) is 0 Å². The summed E-state index contributed by atoms with van der Waals surface area (Å²) in [5.41, 5.74) is 0. The van der Waals surface area contributed by atoms with Crippen molar-refractivity contribution in [1.29, 1.82) is 0 Å². The number of aliphatic hydroxyl groups excluding tert-OH is 2. The largest absolute Gasteiger partial charge is 0.387 e. The van der Waals surface area contributed by atoms with E-state index >= 15 is 0 Å². The molecule has 7 heteroatoms. The standard InChI is InChI=1S/C17H30O7/c1-5-16(6-2)20-9-10(22-16)11(18)12-13-14(15(19)21-12)24-17(7-3,8-4)23-13/h10-15,18-19H,5-9H2,1-4H3/t10-,11+,12+,13-,14-,15+/m1/s1. The van der Waals surface area contributed by atoms with Gasteiger partial charge < -0.3 is 33.9 Å². The normalized spacial score (nSPS) is 41.5. The van der Waals surface area contributed by atoms with Gasteiger partial charge in [-0.15, -0.1) is 0 Å². The molecule has 3 fully saturated rings. The van der Waals surface area contributed by atoms with Gasteiger partial charge in [0.05, 0.1) is 6.61 Å². The van der Waals surface area contributed by atoms with Crippen LogP contribution in [-0.4, -0.2) is 65.2 Å². The Hall–Kier alpha value is -0.280. The molecule has 0 spiro atoms. The van der Waals surface area contributed by atoms with Crippen molar-refractivity contribution in [2.45, 2.75) is 102 Å². The van der Waals surface area contributed by atoms with Crippen molar-refractivity contribution in [3.05, 3.63) is 0 Å². The highest BCUT2D eigenvalue weighted by Gasteiger charge is 2.60. The van der Waals surface area contributed by atoms with E-state index in [9.17, 15) is 10.2 Å². The van der Waals surface area contributed by atoms with Gasteiger partial charge in [-0.3, -0.25) is 0 Å². The third kappa shape index (κ3) is 2.90. The van der Waals surface area contributed by atoms with Crippen molar-refractivity contribution in [3.8, 4) is 0 Å². The molecule has 3 aliphatic rings. The second-order valence-electron chi connectivity index (χ2n) is 6.85. The monoisotopic (exact) mass is 346 g/mol. The first-order valence-electron chi connectivity index (χ1n) is 9.12. The molecule has 0 radical (unpaired) electrons. The van der Waals surface area contributed by atoms with Crippen LogP contribution in [0.4, 0.5) is 0 Å². The lowest BCUT2D eigenvalue weighted by molar-refractivity contribution is -0.254. The molecule has 0 saturated carbocycles. The number of aliphatic hydroxyl groups is 2. The second-order valence-corrected chi connectivity index (χ2v) is 6.85. The van der Waals surface area contributed by atoms with Crippen LogP contribution >= 0.6 is 0 Å². The van der Waals surface area contributed by atoms with Crippen molar-refractivity contribution < 1.29 is 33.9 Å². The molecule has 24 heavy (non-hydrogen) atoms. The minimum atomic E-state index is -1.11. The predicted octanol–water partition coefficient (Wildman–Crippen LogP) is 1.30. The average molecular weight is 346 g/mol. The van der Waals surface area contributed by atoms with Gasteiger partial charge in [0.15, 0.2) is 17.9 Å². The van der Waals surface area contributed by atoms with Crippen LogP contribution in [0.15, 0.2) is 0 Å². The van der Waals surface area contributed by atoms with Crippen LogP contribution in [0.3, 0.4) is 0 Å². The molecule has 3 rings (SSSR count). The van der Waals surface area contributed by atoms with E-state index < -0.39 is 48.4 Å². The minimum Gasteiger partial charge on any atom is -0.387 e. The summed E-state index contributed by atoms with van der Waals surface area (Å²) in [7, 11) is 0. The predicted molar refractivity (Wildman–Crippen MR) is 84.1 cm³/mol. The quantitative estimate of drug-likeness (QED) is 0.749. The van der Waals surface area contributed by atoms with E-state index in [-0.39, 0.29) is 0 Å². The lowest BCUT2D eigenvalue weighted by atomic mass is 10.0. The number of hydrogen-bond acceptors (Lipinski definition) is 7. The molecule has 0 aromatic rings. The summed E-state index contributed by atoms with van der Waals surface area (Å²) in [6.45, 7) is 8.25. The topological polar surface area (TPSA) is 86.6 Å². The zero-order chi connectivity index (χ0) is 17.5. The molecule has 3 aliphatic heterocycles. The number of ether oxygens (including phenoxy) is 5. The molecule has 3 saturated heterocycles. The Bertz CT molecular complexity index is 435. The first-order chi connectivity index (χ1) is 11.4. The van der Waals surface area contributed by atoms with E-state index in [1.807, 2.05) is 27.7 Å². The molecule has 0 aromatic heterocycles. The van der Waals surface area contributed by atoms with Crippen molar-refractivity contribution in [2.75, 3.05) is 6.61 Å².